The third-order valence-corrected chi connectivity index (χ3v) is 4.25. The van der Waals surface area contributed by atoms with Crippen LogP contribution in [-0.4, -0.2) is 19.0 Å². The first-order valence-corrected chi connectivity index (χ1v) is 7.45. The van der Waals surface area contributed by atoms with E-state index < -0.39 is 11.6 Å². The highest BCUT2D eigenvalue weighted by molar-refractivity contribution is 5.83. The van der Waals surface area contributed by atoms with Gasteiger partial charge in [0.15, 0.2) is 11.6 Å². The SMILES string of the molecule is CCCC1(C(=O)NC(C)c2ccc(F)c(F)c2)CCNC1. The summed E-state index contributed by atoms with van der Waals surface area (Å²) < 4.78 is 26.2. The van der Waals surface area contributed by atoms with E-state index in [0.29, 0.717) is 12.1 Å². The van der Waals surface area contributed by atoms with E-state index in [4.69, 9.17) is 0 Å². The lowest BCUT2D eigenvalue weighted by Crippen LogP contribution is -2.43. The summed E-state index contributed by atoms with van der Waals surface area (Å²) in [4.78, 5) is 12.6. The normalized spacial score (nSPS) is 23.0. The molecule has 2 unspecified atom stereocenters. The highest BCUT2D eigenvalue weighted by Crippen LogP contribution is 2.32. The van der Waals surface area contributed by atoms with Crippen molar-refractivity contribution in [2.75, 3.05) is 13.1 Å². The van der Waals surface area contributed by atoms with Crippen molar-refractivity contribution in [2.24, 2.45) is 5.41 Å². The molecule has 1 amide bonds. The maximum atomic E-state index is 13.3. The molecule has 1 aromatic carbocycles. The lowest BCUT2D eigenvalue weighted by Gasteiger charge is -2.28. The fraction of sp³-hybridized carbons (Fsp3) is 0.562. The van der Waals surface area contributed by atoms with Gasteiger partial charge in [0.05, 0.1) is 11.5 Å². The topological polar surface area (TPSA) is 41.1 Å². The summed E-state index contributed by atoms with van der Waals surface area (Å²) in [6.07, 6.45) is 2.59. The second kappa shape index (κ2) is 6.52. The first kappa shape index (κ1) is 15.9. The van der Waals surface area contributed by atoms with Gasteiger partial charge in [-0.2, -0.15) is 0 Å². The molecule has 1 aliphatic heterocycles. The van der Waals surface area contributed by atoms with Gasteiger partial charge in [0.1, 0.15) is 0 Å². The predicted octanol–water partition coefficient (Wildman–Crippen LogP) is 2.92. The van der Waals surface area contributed by atoms with Crippen molar-refractivity contribution in [1.82, 2.24) is 10.6 Å². The summed E-state index contributed by atoms with van der Waals surface area (Å²) in [5.74, 6) is -1.77. The summed E-state index contributed by atoms with van der Waals surface area (Å²) >= 11 is 0. The molecule has 1 aromatic rings. The van der Waals surface area contributed by atoms with Crippen LogP contribution in [0.4, 0.5) is 8.78 Å². The lowest BCUT2D eigenvalue weighted by atomic mass is 9.81. The molecular weight excluding hydrogens is 274 g/mol. The average Bonchev–Trinajstić information content (AvgIpc) is 2.92. The van der Waals surface area contributed by atoms with Crippen LogP contribution in [0.2, 0.25) is 0 Å². The van der Waals surface area contributed by atoms with E-state index in [9.17, 15) is 13.6 Å². The van der Waals surface area contributed by atoms with Gasteiger partial charge in [0.2, 0.25) is 5.91 Å². The summed E-state index contributed by atoms with van der Waals surface area (Å²) in [7, 11) is 0. The molecule has 2 rings (SSSR count). The second-order valence-electron chi connectivity index (χ2n) is 5.83. The maximum Gasteiger partial charge on any atom is 0.228 e. The largest absolute Gasteiger partial charge is 0.349 e. The van der Waals surface area contributed by atoms with Crippen molar-refractivity contribution in [2.45, 2.75) is 39.2 Å². The molecule has 1 fully saturated rings. The molecule has 116 valence electrons. The van der Waals surface area contributed by atoms with Crippen LogP contribution in [0.5, 0.6) is 0 Å². The molecule has 0 aromatic heterocycles. The molecule has 1 aliphatic rings. The van der Waals surface area contributed by atoms with Crippen LogP contribution in [0.25, 0.3) is 0 Å². The first-order chi connectivity index (χ1) is 9.98. The van der Waals surface area contributed by atoms with Gasteiger partial charge in [-0.15, -0.1) is 0 Å². The molecule has 5 heteroatoms. The van der Waals surface area contributed by atoms with Gasteiger partial charge in [-0.1, -0.05) is 19.4 Å². The maximum absolute atomic E-state index is 13.3. The highest BCUT2D eigenvalue weighted by Gasteiger charge is 2.40. The van der Waals surface area contributed by atoms with E-state index in [0.717, 1.165) is 37.9 Å². The number of carbonyl (C=O) groups is 1. The number of rotatable bonds is 5. The Morgan fingerprint density at radius 3 is 2.76 bits per heavy atom. The van der Waals surface area contributed by atoms with Gasteiger partial charge in [0, 0.05) is 6.54 Å². The standard InChI is InChI=1S/C16H22F2N2O/c1-3-6-16(7-8-19-10-16)15(21)20-11(2)12-4-5-13(17)14(18)9-12/h4-5,9,11,19H,3,6-8,10H2,1-2H3,(H,20,21). The molecule has 1 heterocycles. The Balaban J connectivity index is 2.08. The van der Waals surface area contributed by atoms with Crippen molar-refractivity contribution < 1.29 is 13.6 Å². The summed E-state index contributed by atoms with van der Waals surface area (Å²) in [5.41, 5.74) is 0.196. The minimum absolute atomic E-state index is 0.00779. The Bertz CT molecular complexity index is 513. The highest BCUT2D eigenvalue weighted by atomic mass is 19.2. The van der Waals surface area contributed by atoms with Gasteiger partial charge >= 0.3 is 0 Å². The molecule has 0 radical (unpaired) electrons. The number of benzene rings is 1. The average molecular weight is 296 g/mol. The third kappa shape index (κ3) is 3.40. The van der Waals surface area contributed by atoms with Gasteiger partial charge in [0.25, 0.3) is 0 Å². The molecule has 0 spiro atoms. The van der Waals surface area contributed by atoms with Crippen molar-refractivity contribution in [3.8, 4) is 0 Å². The number of amides is 1. The van der Waals surface area contributed by atoms with Crippen molar-refractivity contribution >= 4 is 5.91 Å². The zero-order valence-corrected chi connectivity index (χ0v) is 12.5. The number of halogens is 2. The molecule has 3 nitrogen and oxygen atoms in total. The van der Waals surface area contributed by atoms with E-state index in [-0.39, 0.29) is 17.4 Å². The van der Waals surface area contributed by atoms with E-state index in [2.05, 4.69) is 17.6 Å². The second-order valence-corrected chi connectivity index (χ2v) is 5.83. The number of hydrogen-bond donors (Lipinski definition) is 2. The van der Waals surface area contributed by atoms with E-state index in [1.54, 1.807) is 6.92 Å². The fourth-order valence-corrected chi connectivity index (χ4v) is 2.96. The van der Waals surface area contributed by atoms with Gasteiger partial charge in [-0.25, -0.2) is 8.78 Å². The molecular formula is C16H22F2N2O. The van der Waals surface area contributed by atoms with Crippen molar-refractivity contribution in [3.05, 3.63) is 35.4 Å². The Hall–Kier alpha value is -1.49. The summed E-state index contributed by atoms with van der Waals surface area (Å²) in [5, 5.41) is 6.18. The molecule has 2 N–H and O–H groups in total. The predicted molar refractivity (Wildman–Crippen MR) is 77.7 cm³/mol. The Kier molecular flexibility index (Phi) is 4.93. The monoisotopic (exact) mass is 296 g/mol. The first-order valence-electron chi connectivity index (χ1n) is 7.45. The third-order valence-electron chi connectivity index (χ3n) is 4.25. The minimum Gasteiger partial charge on any atom is -0.349 e. The van der Waals surface area contributed by atoms with Crippen LogP contribution in [-0.2, 0) is 4.79 Å². The molecule has 0 saturated carbocycles. The molecule has 21 heavy (non-hydrogen) atoms. The number of carbonyl (C=O) groups excluding carboxylic acids is 1. The van der Waals surface area contributed by atoms with Crippen LogP contribution in [0, 0.1) is 17.0 Å². The summed E-state index contributed by atoms with van der Waals surface area (Å²) in [6.45, 7) is 5.36. The quantitative estimate of drug-likeness (QED) is 0.877. The molecule has 1 saturated heterocycles. The van der Waals surface area contributed by atoms with Crippen LogP contribution in [0.15, 0.2) is 18.2 Å². The zero-order valence-electron chi connectivity index (χ0n) is 12.5. The van der Waals surface area contributed by atoms with Crippen LogP contribution < -0.4 is 10.6 Å². The van der Waals surface area contributed by atoms with Gasteiger partial charge in [-0.05, 0) is 44.0 Å². The van der Waals surface area contributed by atoms with Crippen LogP contribution in [0.3, 0.4) is 0 Å². The molecule has 0 bridgehead atoms. The summed E-state index contributed by atoms with van der Waals surface area (Å²) in [6, 6.07) is 3.39. The van der Waals surface area contributed by atoms with Gasteiger partial charge < -0.3 is 10.6 Å². The van der Waals surface area contributed by atoms with Crippen molar-refractivity contribution in [1.29, 1.82) is 0 Å². The van der Waals surface area contributed by atoms with E-state index in [1.807, 2.05) is 0 Å². The minimum atomic E-state index is -0.889. The zero-order chi connectivity index (χ0) is 15.5. The van der Waals surface area contributed by atoms with Crippen molar-refractivity contribution in [3.63, 3.8) is 0 Å². The lowest BCUT2D eigenvalue weighted by molar-refractivity contribution is -0.131. The smallest absolute Gasteiger partial charge is 0.228 e. The van der Waals surface area contributed by atoms with Crippen LogP contribution >= 0.6 is 0 Å². The van der Waals surface area contributed by atoms with E-state index >= 15 is 0 Å². The molecule has 0 aliphatic carbocycles. The Labute approximate surface area is 124 Å². The number of hydrogen-bond acceptors (Lipinski definition) is 2. The molecule has 2 atom stereocenters. The van der Waals surface area contributed by atoms with Crippen LogP contribution in [0.1, 0.15) is 44.7 Å². The fourth-order valence-electron chi connectivity index (χ4n) is 2.96. The number of nitrogens with one attached hydrogen (secondary N) is 2. The van der Waals surface area contributed by atoms with E-state index in [1.165, 1.54) is 6.07 Å². The Morgan fingerprint density at radius 2 is 2.19 bits per heavy atom. The Morgan fingerprint density at radius 1 is 1.43 bits per heavy atom. The van der Waals surface area contributed by atoms with Gasteiger partial charge in [-0.3, -0.25) is 4.79 Å².